The number of carboxylic acid groups (broad SMARTS) is 1. The van der Waals surface area contributed by atoms with Crippen molar-refractivity contribution in [1.29, 1.82) is 0 Å². The molecule has 0 bridgehead atoms. The molecule has 1 atom stereocenters. The monoisotopic (exact) mass is 624 g/mol. The van der Waals surface area contributed by atoms with Gasteiger partial charge < -0.3 is 15.6 Å². The Morgan fingerprint density at radius 1 is 0.909 bits per heavy atom. The summed E-state index contributed by atoms with van der Waals surface area (Å²) in [4.78, 5) is 31.9. The molecule has 2 aromatic heterocycles. The van der Waals surface area contributed by atoms with Crippen LogP contribution in [0.1, 0.15) is 78.6 Å². The molecule has 1 unspecified atom stereocenters. The standard InChI is InChI=1S/C33H44N4O6S/c1-30(2,3)22-32(7,8)24-17-15-23(16-18-24)20-33(34,44(41,42)27-14-9-10-19-35-27)25-12-11-13-26(36-25)37(21-28(38)39)29(40)43-31(4,5)6/h9-19H,20-22,34H2,1-8H3,(H,38,39). The Labute approximate surface area is 260 Å². The van der Waals surface area contributed by atoms with Gasteiger partial charge >= 0.3 is 12.1 Å². The minimum Gasteiger partial charge on any atom is -0.480 e. The number of hydrogen-bond donors (Lipinski definition) is 2. The average molecular weight is 625 g/mol. The highest BCUT2D eigenvalue weighted by atomic mass is 32.2. The highest BCUT2D eigenvalue weighted by Gasteiger charge is 2.46. The summed E-state index contributed by atoms with van der Waals surface area (Å²) in [5, 5.41) is 9.29. The molecule has 3 N–H and O–H groups in total. The van der Waals surface area contributed by atoms with Crippen LogP contribution in [0.15, 0.2) is 71.9 Å². The van der Waals surface area contributed by atoms with Gasteiger partial charge in [0.1, 0.15) is 18.0 Å². The number of nitrogens with zero attached hydrogens (tertiary/aromatic N) is 3. The Bertz CT molecular complexity index is 1580. The third-order valence-electron chi connectivity index (χ3n) is 6.92. The van der Waals surface area contributed by atoms with Gasteiger partial charge in [-0.1, -0.05) is 71.0 Å². The fourth-order valence-corrected chi connectivity index (χ4v) is 6.90. The molecule has 1 amide bonds. The van der Waals surface area contributed by atoms with Gasteiger partial charge in [0, 0.05) is 12.6 Å². The summed E-state index contributed by atoms with van der Waals surface area (Å²) < 4.78 is 33.8. The lowest BCUT2D eigenvalue weighted by Crippen LogP contribution is -2.48. The predicted octanol–water partition coefficient (Wildman–Crippen LogP) is 5.84. The molecule has 0 spiro atoms. The highest BCUT2D eigenvalue weighted by molar-refractivity contribution is 7.92. The van der Waals surface area contributed by atoms with Crippen molar-refractivity contribution in [3.05, 3.63) is 83.7 Å². The topological polar surface area (TPSA) is 153 Å². The number of carboxylic acids is 1. The summed E-state index contributed by atoms with van der Waals surface area (Å²) in [5.74, 6) is -1.43. The summed E-state index contributed by atoms with van der Waals surface area (Å²) in [6.45, 7) is 15.1. The van der Waals surface area contributed by atoms with E-state index in [4.69, 9.17) is 10.5 Å². The van der Waals surface area contributed by atoms with Crippen LogP contribution in [0.2, 0.25) is 0 Å². The second-order valence-electron chi connectivity index (χ2n) is 13.9. The largest absolute Gasteiger partial charge is 0.480 e. The van der Waals surface area contributed by atoms with Gasteiger partial charge in [-0.15, -0.1) is 0 Å². The molecule has 0 saturated carbocycles. The molecule has 1 aromatic carbocycles. The Balaban J connectivity index is 2.14. The van der Waals surface area contributed by atoms with Gasteiger partial charge in [-0.2, -0.15) is 0 Å². The molecule has 0 aliphatic carbocycles. The van der Waals surface area contributed by atoms with Gasteiger partial charge in [-0.3, -0.25) is 9.69 Å². The van der Waals surface area contributed by atoms with Crippen molar-refractivity contribution < 1.29 is 27.9 Å². The lowest BCUT2D eigenvalue weighted by Gasteiger charge is -2.33. The Hall–Kier alpha value is -3.83. The zero-order valence-electron chi connectivity index (χ0n) is 26.8. The van der Waals surface area contributed by atoms with Gasteiger partial charge in [-0.25, -0.2) is 23.2 Å². The van der Waals surface area contributed by atoms with Crippen LogP contribution in [0.25, 0.3) is 0 Å². The minimum atomic E-state index is -4.38. The SMILES string of the molecule is CC(C)(C)CC(C)(C)c1ccc(CC(N)(c2cccc(N(CC(=O)O)C(=O)OC(C)(C)C)n2)S(=O)(=O)c2ccccn2)cc1. The number of aliphatic carboxylic acids is 1. The summed E-state index contributed by atoms with van der Waals surface area (Å²) >= 11 is 0. The fraction of sp³-hybridized carbons (Fsp3) is 0.455. The van der Waals surface area contributed by atoms with Crippen LogP contribution in [-0.4, -0.2) is 47.7 Å². The number of benzene rings is 1. The molecule has 0 saturated heterocycles. The van der Waals surface area contributed by atoms with Gasteiger partial charge in [0.15, 0.2) is 9.90 Å². The van der Waals surface area contributed by atoms with Crippen LogP contribution >= 0.6 is 0 Å². The first kappa shape index (κ1) is 34.7. The number of anilines is 1. The molecular weight excluding hydrogens is 580 g/mol. The number of rotatable bonds is 10. The number of nitrogens with two attached hydrogens (primary N) is 1. The first-order valence-corrected chi connectivity index (χ1v) is 15.9. The van der Waals surface area contributed by atoms with Crippen LogP contribution in [0.4, 0.5) is 10.6 Å². The smallest absolute Gasteiger partial charge is 0.416 e. The molecule has 10 nitrogen and oxygen atoms in total. The number of carbonyl (C=O) groups excluding carboxylic acids is 1. The average Bonchev–Trinajstić information content (AvgIpc) is 2.90. The predicted molar refractivity (Wildman–Crippen MR) is 170 cm³/mol. The summed E-state index contributed by atoms with van der Waals surface area (Å²) in [6, 6.07) is 16.5. The third kappa shape index (κ3) is 8.41. The quantitative estimate of drug-likeness (QED) is 0.283. The second-order valence-corrected chi connectivity index (χ2v) is 16.1. The Morgan fingerprint density at radius 2 is 1.55 bits per heavy atom. The number of carbonyl (C=O) groups is 2. The number of amides is 1. The van der Waals surface area contributed by atoms with Crippen LogP contribution < -0.4 is 10.6 Å². The lowest BCUT2D eigenvalue weighted by atomic mass is 9.72. The van der Waals surface area contributed by atoms with E-state index in [0.29, 0.717) is 5.56 Å². The summed E-state index contributed by atoms with van der Waals surface area (Å²) in [6.07, 6.45) is 1.18. The molecule has 238 valence electrons. The molecule has 3 rings (SSSR count). The maximum atomic E-state index is 14.2. The van der Waals surface area contributed by atoms with E-state index < -0.39 is 38.9 Å². The van der Waals surface area contributed by atoms with Crippen LogP contribution in [0, 0.1) is 5.41 Å². The molecule has 0 radical (unpaired) electrons. The molecule has 0 aliphatic rings. The Kier molecular flexibility index (Phi) is 9.96. The Morgan fingerprint density at radius 3 is 2.07 bits per heavy atom. The van der Waals surface area contributed by atoms with E-state index in [1.807, 2.05) is 24.3 Å². The van der Waals surface area contributed by atoms with Crippen LogP contribution in [0.3, 0.4) is 0 Å². The van der Waals surface area contributed by atoms with Crippen molar-refractivity contribution in [3.63, 3.8) is 0 Å². The normalized spacial score (nSPS) is 14.0. The van der Waals surface area contributed by atoms with E-state index in [9.17, 15) is 23.1 Å². The molecule has 0 fully saturated rings. The fourth-order valence-electron chi connectivity index (χ4n) is 5.32. The van der Waals surface area contributed by atoms with E-state index in [1.54, 1.807) is 32.9 Å². The second kappa shape index (κ2) is 12.6. The van der Waals surface area contributed by atoms with Crippen molar-refractivity contribution in [1.82, 2.24) is 9.97 Å². The van der Waals surface area contributed by atoms with E-state index >= 15 is 0 Å². The van der Waals surface area contributed by atoms with E-state index in [0.717, 1.165) is 16.9 Å². The molecule has 0 aliphatic heterocycles. The molecule has 44 heavy (non-hydrogen) atoms. The third-order valence-corrected chi connectivity index (χ3v) is 9.02. The zero-order valence-corrected chi connectivity index (χ0v) is 27.6. The highest BCUT2D eigenvalue weighted by Crippen LogP contribution is 2.38. The van der Waals surface area contributed by atoms with Crippen molar-refractivity contribution >= 4 is 27.7 Å². The number of aromatic nitrogens is 2. The van der Waals surface area contributed by atoms with E-state index in [2.05, 4.69) is 44.6 Å². The number of sulfone groups is 1. The molecule has 2 heterocycles. The van der Waals surface area contributed by atoms with Crippen LogP contribution in [0.5, 0.6) is 0 Å². The van der Waals surface area contributed by atoms with Crippen LogP contribution in [-0.2, 0) is 36.1 Å². The molecular formula is C33H44N4O6S. The maximum absolute atomic E-state index is 14.2. The number of ether oxygens (including phenoxy) is 1. The van der Waals surface area contributed by atoms with Gasteiger partial charge in [0.05, 0.1) is 5.69 Å². The summed E-state index contributed by atoms with van der Waals surface area (Å²) in [7, 11) is -4.38. The molecule has 11 heteroatoms. The summed E-state index contributed by atoms with van der Waals surface area (Å²) in [5.41, 5.74) is 7.60. The van der Waals surface area contributed by atoms with Crippen molar-refractivity contribution in [2.75, 3.05) is 11.4 Å². The van der Waals surface area contributed by atoms with E-state index in [1.165, 1.54) is 30.5 Å². The first-order valence-electron chi connectivity index (χ1n) is 14.4. The molecule has 3 aromatic rings. The first-order chi connectivity index (χ1) is 20.1. The maximum Gasteiger partial charge on any atom is 0.416 e. The number of pyridine rings is 2. The van der Waals surface area contributed by atoms with Gasteiger partial charge in [0.2, 0.25) is 9.84 Å². The van der Waals surface area contributed by atoms with Crippen molar-refractivity contribution in [3.8, 4) is 0 Å². The number of hydrogen-bond acceptors (Lipinski definition) is 8. The van der Waals surface area contributed by atoms with Crippen molar-refractivity contribution in [2.24, 2.45) is 11.1 Å². The van der Waals surface area contributed by atoms with Gasteiger partial charge in [-0.05, 0) is 73.4 Å². The van der Waals surface area contributed by atoms with Gasteiger partial charge in [0.25, 0.3) is 0 Å². The lowest BCUT2D eigenvalue weighted by molar-refractivity contribution is -0.135. The zero-order chi connectivity index (χ0) is 33.1. The van der Waals surface area contributed by atoms with Crippen molar-refractivity contribution in [2.45, 2.75) is 89.1 Å². The minimum absolute atomic E-state index is 0.0864. The van der Waals surface area contributed by atoms with E-state index in [-0.39, 0.29) is 33.8 Å².